The maximum absolute atomic E-state index is 12.3. The van der Waals surface area contributed by atoms with Crippen LogP contribution in [-0.4, -0.2) is 28.3 Å². The molecule has 0 spiro atoms. The van der Waals surface area contributed by atoms with Crippen molar-refractivity contribution in [2.75, 3.05) is 11.9 Å². The normalized spacial score (nSPS) is 15.8. The van der Waals surface area contributed by atoms with E-state index in [1.54, 1.807) is 6.92 Å². The zero-order valence-corrected chi connectivity index (χ0v) is 15.8. The number of amides is 1. The smallest absolute Gasteiger partial charge is 0.327 e. The van der Waals surface area contributed by atoms with Crippen LogP contribution >= 0.6 is 0 Å². The number of fused-ring (bicyclic) bond motifs is 1. The number of ether oxygens (including phenoxy) is 1. The first-order chi connectivity index (χ1) is 13.6. The highest BCUT2D eigenvalue weighted by atomic mass is 16.5. The summed E-state index contributed by atoms with van der Waals surface area (Å²) in [6.45, 7) is 3.86. The van der Waals surface area contributed by atoms with E-state index >= 15 is 0 Å². The lowest BCUT2D eigenvalue weighted by Gasteiger charge is -2.22. The predicted octanol–water partition coefficient (Wildman–Crippen LogP) is 3.49. The van der Waals surface area contributed by atoms with Crippen LogP contribution in [0.3, 0.4) is 0 Å². The number of furan rings is 1. The zero-order valence-electron chi connectivity index (χ0n) is 15.8. The van der Waals surface area contributed by atoms with E-state index in [-0.39, 0.29) is 24.8 Å². The largest absolute Gasteiger partial charge is 0.465 e. The Morgan fingerprint density at radius 2 is 2.07 bits per heavy atom. The van der Waals surface area contributed by atoms with Crippen molar-refractivity contribution >= 4 is 17.7 Å². The highest BCUT2D eigenvalue weighted by molar-refractivity contribution is 5.94. The van der Waals surface area contributed by atoms with Crippen LogP contribution in [0.5, 0.6) is 0 Å². The number of nitrogens with one attached hydrogen (secondary N) is 1. The van der Waals surface area contributed by atoms with Crippen molar-refractivity contribution < 1.29 is 18.7 Å². The molecule has 7 heteroatoms. The van der Waals surface area contributed by atoms with Gasteiger partial charge in [0.15, 0.2) is 0 Å². The van der Waals surface area contributed by atoms with Crippen LogP contribution in [0.1, 0.15) is 36.3 Å². The Morgan fingerprint density at radius 3 is 2.82 bits per heavy atom. The molecule has 0 unspecified atom stereocenters. The Balaban J connectivity index is 1.70. The first-order valence-corrected chi connectivity index (χ1v) is 9.24. The molecule has 0 saturated carbocycles. The summed E-state index contributed by atoms with van der Waals surface area (Å²) in [6.07, 6.45) is 0.265. The molecular weight excluding hydrogens is 358 g/mol. The number of esters is 1. The van der Waals surface area contributed by atoms with Crippen molar-refractivity contribution in [1.29, 1.82) is 0 Å². The first kappa shape index (κ1) is 18.0. The van der Waals surface area contributed by atoms with Gasteiger partial charge in [-0.15, -0.1) is 0 Å². The van der Waals surface area contributed by atoms with Crippen LogP contribution in [0.15, 0.2) is 46.9 Å². The lowest BCUT2D eigenvalue weighted by molar-refractivity contribution is -0.144. The number of benzene rings is 1. The lowest BCUT2D eigenvalue weighted by atomic mass is 9.90. The van der Waals surface area contributed by atoms with Crippen LogP contribution in [-0.2, 0) is 20.9 Å². The Hall–Kier alpha value is -3.35. The van der Waals surface area contributed by atoms with Crippen LogP contribution in [0.4, 0.5) is 5.82 Å². The molecule has 3 aromatic rings. The van der Waals surface area contributed by atoms with E-state index in [9.17, 15) is 9.59 Å². The highest BCUT2D eigenvalue weighted by Crippen LogP contribution is 2.40. The van der Waals surface area contributed by atoms with Crippen molar-refractivity contribution in [1.82, 2.24) is 9.78 Å². The average Bonchev–Trinajstić information content (AvgIpc) is 3.28. The minimum absolute atomic E-state index is 0.0512. The molecule has 1 aliphatic heterocycles. The second kappa shape index (κ2) is 7.34. The summed E-state index contributed by atoms with van der Waals surface area (Å²) in [6, 6.07) is 13.6. The van der Waals surface area contributed by atoms with E-state index in [4.69, 9.17) is 9.15 Å². The van der Waals surface area contributed by atoms with Gasteiger partial charge in [-0.1, -0.05) is 30.3 Å². The standard InChI is InChI=1S/C21H21N3O4/c1-3-27-19(26)12-24-21-20(13(2)23-24)15(11-18(25)22-21)17-10-9-16(28-17)14-7-5-4-6-8-14/h4-10,15H,3,11-12H2,1-2H3,(H,22,25)/t15-/m0/s1. The predicted molar refractivity (Wildman–Crippen MR) is 103 cm³/mol. The maximum Gasteiger partial charge on any atom is 0.327 e. The van der Waals surface area contributed by atoms with Gasteiger partial charge in [0.05, 0.1) is 18.2 Å². The minimum atomic E-state index is -0.395. The summed E-state index contributed by atoms with van der Waals surface area (Å²) in [4.78, 5) is 24.2. The SMILES string of the molecule is CCOC(=O)Cn1nc(C)c2c1NC(=O)C[C@H]2c1ccc(-c2ccccc2)o1. The molecule has 0 bridgehead atoms. The number of hydrogen-bond acceptors (Lipinski definition) is 5. The average molecular weight is 379 g/mol. The molecule has 144 valence electrons. The van der Waals surface area contributed by atoms with Crippen molar-refractivity contribution in [3.63, 3.8) is 0 Å². The lowest BCUT2D eigenvalue weighted by Crippen LogP contribution is -2.26. The number of carbonyl (C=O) groups excluding carboxylic acids is 2. The van der Waals surface area contributed by atoms with Gasteiger partial charge in [-0.3, -0.25) is 9.59 Å². The van der Waals surface area contributed by atoms with E-state index in [1.165, 1.54) is 4.68 Å². The van der Waals surface area contributed by atoms with Crippen LogP contribution < -0.4 is 5.32 Å². The zero-order chi connectivity index (χ0) is 19.7. The van der Waals surface area contributed by atoms with Crippen LogP contribution in [0.25, 0.3) is 11.3 Å². The fourth-order valence-corrected chi connectivity index (χ4v) is 3.60. The number of carbonyl (C=O) groups is 2. The first-order valence-electron chi connectivity index (χ1n) is 9.24. The Bertz CT molecular complexity index is 1020. The molecule has 0 fully saturated rings. The Labute approximate surface area is 162 Å². The van der Waals surface area contributed by atoms with Gasteiger partial charge in [0.2, 0.25) is 5.91 Å². The molecule has 1 N–H and O–H groups in total. The van der Waals surface area contributed by atoms with Gasteiger partial charge >= 0.3 is 5.97 Å². The summed E-state index contributed by atoms with van der Waals surface area (Å²) in [7, 11) is 0. The molecule has 1 amide bonds. The summed E-state index contributed by atoms with van der Waals surface area (Å²) in [5.74, 6) is 1.20. The van der Waals surface area contributed by atoms with E-state index in [0.717, 1.165) is 22.6 Å². The van der Waals surface area contributed by atoms with E-state index in [0.29, 0.717) is 18.2 Å². The summed E-state index contributed by atoms with van der Waals surface area (Å²) in [5.41, 5.74) is 2.60. The third-order valence-electron chi connectivity index (χ3n) is 4.78. The molecule has 0 aliphatic carbocycles. The number of nitrogens with zero attached hydrogens (tertiary/aromatic N) is 2. The quantitative estimate of drug-likeness (QED) is 0.686. The van der Waals surface area contributed by atoms with Crippen LogP contribution in [0, 0.1) is 6.92 Å². The molecule has 1 atom stereocenters. The number of rotatable bonds is 5. The minimum Gasteiger partial charge on any atom is -0.465 e. The molecule has 3 heterocycles. The Morgan fingerprint density at radius 1 is 1.29 bits per heavy atom. The fourth-order valence-electron chi connectivity index (χ4n) is 3.60. The van der Waals surface area contributed by atoms with Crippen molar-refractivity contribution in [2.24, 2.45) is 0 Å². The fraction of sp³-hybridized carbons (Fsp3) is 0.286. The third-order valence-corrected chi connectivity index (χ3v) is 4.78. The monoisotopic (exact) mass is 379 g/mol. The second-order valence-corrected chi connectivity index (χ2v) is 6.68. The summed E-state index contributed by atoms with van der Waals surface area (Å²) >= 11 is 0. The van der Waals surface area contributed by atoms with Gasteiger partial charge in [-0.25, -0.2) is 4.68 Å². The van der Waals surface area contributed by atoms with Crippen molar-refractivity contribution in [3.8, 4) is 11.3 Å². The second-order valence-electron chi connectivity index (χ2n) is 6.68. The van der Waals surface area contributed by atoms with E-state index < -0.39 is 5.97 Å². The molecule has 2 aromatic heterocycles. The topological polar surface area (TPSA) is 86.4 Å². The molecule has 4 rings (SSSR count). The molecular formula is C21H21N3O4. The highest BCUT2D eigenvalue weighted by Gasteiger charge is 2.34. The molecule has 28 heavy (non-hydrogen) atoms. The van der Waals surface area contributed by atoms with Crippen molar-refractivity contribution in [3.05, 3.63) is 59.5 Å². The van der Waals surface area contributed by atoms with Gasteiger partial charge in [0, 0.05) is 17.5 Å². The van der Waals surface area contributed by atoms with Gasteiger partial charge in [0.25, 0.3) is 0 Å². The maximum atomic E-state index is 12.3. The third kappa shape index (κ3) is 3.31. The Kier molecular flexibility index (Phi) is 4.73. The van der Waals surface area contributed by atoms with Crippen LogP contribution in [0.2, 0.25) is 0 Å². The molecule has 0 saturated heterocycles. The van der Waals surface area contributed by atoms with Gasteiger partial charge < -0.3 is 14.5 Å². The van der Waals surface area contributed by atoms with E-state index in [2.05, 4.69) is 10.4 Å². The molecule has 1 aromatic carbocycles. The number of anilines is 1. The summed E-state index contributed by atoms with van der Waals surface area (Å²) in [5, 5.41) is 7.30. The van der Waals surface area contributed by atoms with Gasteiger partial charge in [0.1, 0.15) is 23.9 Å². The summed E-state index contributed by atoms with van der Waals surface area (Å²) < 4.78 is 12.6. The number of hydrogen-bond donors (Lipinski definition) is 1. The van der Waals surface area contributed by atoms with Gasteiger partial charge in [-0.2, -0.15) is 5.10 Å². The number of aromatic nitrogens is 2. The molecule has 7 nitrogen and oxygen atoms in total. The van der Waals surface area contributed by atoms with E-state index in [1.807, 2.05) is 49.4 Å². The molecule has 0 radical (unpaired) electrons. The van der Waals surface area contributed by atoms with Crippen molar-refractivity contribution in [2.45, 2.75) is 32.7 Å². The van der Waals surface area contributed by atoms with Gasteiger partial charge in [-0.05, 0) is 26.0 Å². The molecule has 1 aliphatic rings. The number of aryl methyl sites for hydroxylation is 1.